The summed E-state index contributed by atoms with van der Waals surface area (Å²) >= 11 is 0. The van der Waals surface area contributed by atoms with Gasteiger partial charge in [-0.3, -0.25) is 33.6 Å². The van der Waals surface area contributed by atoms with E-state index in [0.717, 1.165) is 135 Å². The Morgan fingerprint density at radius 2 is 0.650 bits per heavy atom. The van der Waals surface area contributed by atoms with E-state index in [9.17, 15) is 48.6 Å². The van der Waals surface area contributed by atoms with E-state index in [1.165, 1.54) is 38.5 Å². The fraction of sp³-hybridized carbons (Fsp3) is 0.901. The number of aliphatic hydroxyl groups excluding tert-OH is 1. The van der Waals surface area contributed by atoms with Gasteiger partial charge in [0.05, 0.1) is 11.7 Å². The summed E-state index contributed by atoms with van der Waals surface area (Å²) in [5.41, 5.74) is -2.66. The topological polar surface area (TPSA) is 221 Å². The van der Waals surface area contributed by atoms with Crippen molar-refractivity contribution in [2.75, 3.05) is 91.6 Å². The number of hydrogen-bond donors (Lipinski definition) is 3. The van der Waals surface area contributed by atoms with Crippen LogP contribution in [-0.2, 0) is 38.3 Å². The number of carbonyl (C=O) groups is 8. The molecule has 19 heteroatoms. The molecule has 7 aliphatic heterocycles. The molecule has 4 atom stereocenters. The van der Waals surface area contributed by atoms with E-state index in [-0.39, 0.29) is 67.8 Å². The number of β-amino-alcohol motifs (C(OH)–C–C–N with tert-alkyl or cyclic N) is 2. The number of hydrogen-bond acceptors (Lipinski definition) is 11. The van der Waals surface area contributed by atoms with Crippen LogP contribution < -0.4 is 5.32 Å². The standard InChI is InChI=1S/C15H28N2O3.C12H23NO.C11H21NO2.3C11H21NO.C10H19NO2/c1-14(2,3)12(18)17-9-7-8-11(10-17)16-13(19)20-15(4,5)6;1-11(2,3)10(14)13-8-6-12(4,5)7-9-13;1-10(2,3)9(13)12-7-5-6-11(4,14)8-12;2*1-9-5-7-12(8-6-9)10(13)11(2,3)4;1-9-6-5-7-12(8-9)10(13)11(2,3)4;1-10(2,3)9(13)11-6-4-5-8(12)7-11/h11H,7-10H2,1-6H3,(H,16,19);6-9H2,1-5H3;14H,5-8H2,1-4H3;3*9H,5-8H2,1-4H3;8,12H,4-7H2,1-3H3. The van der Waals surface area contributed by atoms with Crippen LogP contribution in [0.1, 0.15) is 298 Å². The zero-order chi connectivity index (χ0) is 77.8. The van der Waals surface area contributed by atoms with E-state index >= 15 is 0 Å². The highest BCUT2D eigenvalue weighted by Gasteiger charge is 2.38. The molecule has 7 heterocycles. The van der Waals surface area contributed by atoms with Crippen molar-refractivity contribution < 1.29 is 53.3 Å². The van der Waals surface area contributed by atoms with Gasteiger partial charge in [-0.2, -0.15) is 0 Å². The molecular formula is C81H154N8O11. The van der Waals surface area contributed by atoms with Gasteiger partial charge in [0.1, 0.15) is 5.60 Å². The number of nitrogens with zero attached hydrogens (tertiary/aromatic N) is 7. The molecule has 0 aromatic heterocycles. The van der Waals surface area contributed by atoms with Crippen LogP contribution in [0, 0.1) is 61.1 Å². The summed E-state index contributed by atoms with van der Waals surface area (Å²) in [5.74, 6) is 3.90. The summed E-state index contributed by atoms with van der Waals surface area (Å²) in [6.07, 6.45) is 13.9. The van der Waals surface area contributed by atoms with Gasteiger partial charge in [-0.05, 0) is 141 Å². The van der Waals surface area contributed by atoms with Crippen LogP contribution in [0.4, 0.5) is 4.79 Å². The number of piperidine rings is 7. The highest BCUT2D eigenvalue weighted by molar-refractivity contribution is 5.84. The lowest BCUT2D eigenvalue weighted by Crippen LogP contribution is -2.52. The van der Waals surface area contributed by atoms with E-state index in [1.807, 2.05) is 191 Å². The van der Waals surface area contributed by atoms with Gasteiger partial charge in [-0.25, -0.2) is 4.79 Å². The molecule has 0 spiro atoms. The maximum atomic E-state index is 12.3. The zero-order valence-electron chi connectivity index (χ0n) is 69.9. The quantitative estimate of drug-likeness (QED) is 0.224. The van der Waals surface area contributed by atoms with E-state index < -0.39 is 17.3 Å². The molecule has 0 saturated carbocycles. The van der Waals surface area contributed by atoms with Crippen molar-refractivity contribution in [3.05, 3.63) is 0 Å². The summed E-state index contributed by atoms with van der Waals surface area (Å²) < 4.78 is 5.25. The van der Waals surface area contributed by atoms with Crippen molar-refractivity contribution in [2.24, 2.45) is 61.1 Å². The number of likely N-dealkylation sites (tertiary alicyclic amines) is 7. The Kier molecular flexibility index (Phi) is 36.5. The average molecular weight is 1420 g/mol. The highest BCUT2D eigenvalue weighted by Crippen LogP contribution is 2.33. The fourth-order valence-corrected chi connectivity index (χ4v) is 12.7. The lowest BCUT2D eigenvalue weighted by Gasteiger charge is -2.39. The number of aliphatic hydroxyl groups is 2. The zero-order valence-corrected chi connectivity index (χ0v) is 69.9. The number of amides is 8. The molecule has 7 saturated heterocycles. The van der Waals surface area contributed by atoms with E-state index in [4.69, 9.17) is 4.74 Å². The van der Waals surface area contributed by atoms with Gasteiger partial charge < -0.3 is 54.6 Å². The van der Waals surface area contributed by atoms with E-state index in [2.05, 4.69) is 39.9 Å². The molecule has 0 bridgehead atoms. The average Bonchev–Trinajstić information content (AvgIpc) is 0.868. The Hall–Kier alpha value is -4.52. The maximum absolute atomic E-state index is 12.3. The number of ether oxygens (including phenoxy) is 1. The third kappa shape index (κ3) is 36.3. The Balaban J connectivity index is 0.000000587. The number of carbonyl (C=O) groups excluding carboxylic acids is 8. The van der Waals surface area contributed by atoms with Gasteiger partial charge in [0.2, 0.25) is 41.4 Å². The van der Waals surface area contributed by atoms with Crippen molar-refractivity contribution in [2.45, 2.75) is 321 Å². The summed E-state index contributed by atoms with van der Waals surface area (Å²) in [6, 6.07) is -0.0232. The second-order valence-corrected chi connectivity index (χ2v) is 39.8. The molecule has 0 aromatic carbocycles. The fourth-order valence-electron chi connectivity index (χ4n) is 12.7. The molecule has 7 fully saturated rings. The van der Waals surface area contributed by atoms with E-state index in [1.54, 1.807) is 16.7 Å². The normalized spacial score (nSPS) is 23.0. The highest BCUT2D eigenvalue weighted by atomic mass is 16.6. The Morgan fingerprint density at radius 1 is 0.350 bits per heavy atom. The largest absolute Gasteiger partial charge is 0.444 e. The molecule has 0 radical (unpaired) electrons. The number of rotatable bonds is 1. The second-order valence-electron chi connectivity index (χ2n) is 39.8. The van der Waals surface area contributed by atoms with Gasteiger partial charge >= 0.3 is 6.09 Å². The van der Waals surface area contributed by atoms with Crippen molar-refractivity contribution in [1.29, 1.82) is 0 Å². The van der Waals surface area contributed by atoms with Gasteiger partial charge in [-0.1, -0.05) is 180 Å². The third-order valence-corrected chi connectivity index (χ3v) is 19.1. The Bertz CT molecular complexity index is 2450. The van der Waals surface area contributed by atoms with Gasteiger partial charge in [0, 0.05) is 136 Å². The summed E-state index contributed by atoms with van der Waals surface area (Å²) in [7, 11) is 0. The first-order valence-electron chi connectivity index (χ1n) is 38.5. The molecule has 7 rings (SSSR count). The third-order valence-electron chi connectivity index (χ3n) is 19.1. The van der Waals surface area contributed by atoms with Crippen LogP contribution in [0.15, 0.2) is 0 Å². The second kappa shape index (κ2) is 39.0. The van der Waals surface area contributed by atoms with Crippen LogP contribution in [0.3, 0.4) is 0 Å². The summed E-state index contributed by atoms with van der Waals surface area (Å²) in [6.45, 7) is 71.3. The lowest BCUT2D eigenvalue weighted by molar-refractivity contribution is -0.146. The van der Waals surface area contributed by atoms with Crippen LogP contribution in [0.25, 0.3) is 0 Å². The predicted octanol–water partition coefficient (Wildman–Crippen LogP) is 14.5. The smallest absolute Gasteiger partial charge is 0.407 e. The molecule has 7 aliphatic rings. The lowest BCUT2D eigenvalue weighted by atomic mass is 9.81. The first-order chi connectivity index (χ1) is 45.1. The first kappa shape index (κ1) is 93.5. The van der Waals surface area contributed by atoms with Crippen molar-refractivity contribution in [1.82, 2.24) is 39.6 Å². The minimum Gasteiger partial charge on any atom is -0.444 e. The molecule has 100 heavy (non-hydrogen) atoms. The molecule has 0 aromatic rings. The number of nitrogens with one attached hydrogen (secondary N) is 1. The molecule has 19 nitrogen and oxygen atoms in total. The SMILES string of the molecule is CC(C)(C)C(=O)N1CCCC(O)C1.CC(C)(C)OC(=O)NC1CCCN(C(=O)C(C)(C)C)C1.CC1(C)CCN(C(=O)C(C)(C)C)CC1.CC1(O)CCCN(C(=O)C(C)(C)C)C1.CC1CCCN(C(=O)C(C)(C)C)C1.CC1CCN(C(=O)C(C)(C)C)CC1.CC1CCN(C(=O)C(C)(C)C)CC1. The molecule has 3 N–H and O–H groups in total. The van der Waals surface area contributed by atoms with Crippen molar-refractivity contribution in [3.8, 4) is 0 Å². The first-order valence-corrected chi connectivity index (χ1v) is 38.5. The number of alkyl carbamates (subject to hydrolysis) is 1. The Labute approximate surface area is 611 Å². The molecule has 0 aliphatic carbocycles. The van der Waals surface area contributed by atoms with Crippen LogP contribution in [0.5, 0.6) is 0 Å². The van der Waals surface area contributed by atoms with E-state index in [0.29, 0.717) is 54.6 Å². The molecular weight excluding hydrogens is 1260 g/mol. The summed E-state index contributed by atoms with van der Waals surface area (Å²) in [5, 5.41) is 22.1. The minimum absolute atomic E-state index is 0.0232. The predicted molar refractivity (Wildman–Crippen MR) is 408 cm³/mol. The van der Waals surface area contributed by atoms with Crippen molar-refractivity contribution >= 4 is 47.4 Å². The van der Waals surface area contributed by atoms with Gasteiger partial charge in [0.25, 0.3) is 0 Å². The van der Waals surface area contributed by atoms with Crippen LogP contribution in [-0.4, -0.2) is 207 Å². The van der Waals surface area contributed by atoms with Crippen LogP contribution in [0.2, 0.25) is 0 Å². The van der Waals surface area contributed by atoms with Crippen molar-refractivity contribution in [3.63, 3.8) is 0 Å². The maximum Gasteiger partial charge on any atom is 0.407 e. The Morgan fingerprint density at radius 3 is 0.980 bits per heavy atom. The molecule has 4 unspecified atom stereocenters. The molecule has 8 amide bonds. The van der Waals surface area contributed by atoms with Gasteiger partial charge in [0.15, 0.2) is 0 Å². The van der Waals surface area contributed by atoms with Gasteiger partial charge in [-0.15, -0.1) is 0 Å². The summed E-state index contributed by atoms with van der Waals surface area (Å²) in [4.78, 5) is 109. The van der Waals surface area contributed by atoms with Crippen LogP contribution >= 0.6 is 0 Å². The monoisotopic (exact) mass is 1420 g/mol. The minimum atomic E-state index is -0.695. The molecule has 584 valence electrons.